The van der Waals surface area contributed by atoms with Crippen molar-refractivity contribution in [3.8, 4) is 5.75 Å². The Morgan fingerprint density at radius 2 is 1.90 bits per heavy atom. The number of amides is 1. The molecule has 2 heterocycles. The first-order valence-electron chi connectivity index (χ1n) is 10.8. The first kappa shape index (κ1) is 21.4. The van der Waals surface area contributed by atoms with Crippen molar-refractivity contribution in [1.82, 2.24) is 9.88 Å². The van der Waals surface area contributed by atoms with E-state index in [9.17, 15) is 4.79 Å². The molecule has 31 heavy (non-hydrogen) atoms. The summed E-state index contributed by atoms with van der Waals surface area (Å²) in [7, 11) is 1.84. The van der Waals surface area contributed by atoms with E-state index in [4.69, 9.17) is 4.74 Å². The molecule has 1 saturated heterocycles. The lowest BCUT2D eigenvalue weighted by atomic mass is 10.1. The molecule has 2 aromatic carbocycles. The highest BCUT2D eigenvalue weighted by atomic mass is 32.1. The lowest BCUT2D eigenvalue weighted by Gasteiger charge is -2.29. The zero-order valence-corrected chi connectivity index (χ0v) is 19.0. The van der Waals surface area contributed by atoms with Crippen molar-refractivity contribution in [2.24, 2.45) is 0 Å². The van der Waals surface area contributed by atoms with Gasteiger partial charge in [0.2, 0.25) is 0 Å². The molecule has 0 atom stereocenters. The van der Waals surface area contributed by atoms with E-state index in [1.165, 1.54) is 24.9 Å². The molecular weight excluding hydrogens is 406 g/mol. The third-order valence-electron chi connectivity index (χ3n) is 5.56. The van der Waals surface area contributed by atoms with E-state index in [1.54, 1.807) is 22.3 Å². The molecule has 0 saturated carbocycles. The van der Waals surface area contributed by atoms with E-state index in [2.05, 4.69) is 34.1 Å². The smallest absolute Gasteiger partial charge is 0.254 e. The van der Waals surface area contributed by atoms with Gasteiger partial charge in [0.1, 0.15) is 12.4 Å². The summed E-state index contributed by atoms with van der Waals surface area (Å²) in [6, 6.07) is 16.0. The number of rotatable bonds is 7. The summed E-state index contributed by atoms with van der Waals surface area (Å²) in [6.45, 7) is 5.23. The SMILES string of the molecule is Cc1nc(COc2cccc(C(=O)N(C)Cc3ccc(N4CCCCC4)cc3)c2)cs1. The van der Waals surface area contributed by atoms with Gasteiger partial charge in [0, 0.05) is 43.3 Å². The van der Waals surface area contributed by atoms with Gasteiger partial charge in [0.15, 0.2) is 0 Å². The Labute approximate surface area is 188 Å². The maximum Gasteiger partial charge on any atom is 0.254 e. The molecule has 0 radical (unpaired) electrons. The van der Waals surface area contributed by atoms with E-state index >= 15 is 0 Å². The monoisotopic (exact) mass is 435 g/mol. The van der Waals surface area contributed by atoms with Crippen LogP contribution in [-0.4, -0.2) is 35.9 Å². The molecule has 5 nitrogen and oxygen atoms in total. The second-order valence-electron chi connectivity index (χ2n) is 8.05. The number of benzene rings is 2. The summed E-state index contributed by atoms with van der Waals surface area (Å²) in [5.41, 5.74) is 3.93. The van der Waals surface area contributed by atoms with Crippen molar-refractivity contribution in [2.45, 2.75) is 39.3 Å². The first-order valence-corrected chi connectivity index (χ1v) is 11.7. The highest BCUT2D eigenvalue weighted by Crippen LogP contribution is 2.22. The van der Waals surface area contributed by atoms with Gasteiger partial charge in [0.05, 0.1) is 10.7 Å². The number of aryl methyl sites for hydroxylation is 1. The molecule has 6 heteroatoms. The van der Waals surface area contributed by atoms with Gasteiger partial charge in [-0.25, -0.2) is 4.98 Å². The Kier molecular flexibility index (Phi) is 6.87. The average Bonchev–Trinajstić information content (AvgIpc) is 3.23. The predicted octanol–water partition coefficient (Wildman–Crippen LogP) is 5.29. The maximum atomic E-state index is 12.9. The third-order valence-corrected chi connectivity index (χ3v) is 6.38. The lowest BCUT2D eigenvalue weighted by Crippen LogP contribution is -2.29. The van der Waals surface area contributed by atoms with E-state index in [1.807, 2.05) is 37.6 Å². The number of nitrogens with zero attached hydrogens (tertiary/aromatic N) is 3. The summed E-state index contributed by atoms with van der Waals surface area (Å²) in [4.78, 5) is 21.5. The van der Waals surface area contributed by atoms with Crippen LogP contribution in [0.1, 0.15) is 45.9 Å². The molecule has 0 aliphatic carbocycles. The number of hydrogen-bond acceptors (Lipinski definition) is 5. The molecule has 1 aromatic heterocycles. The third kappa shape index (κ3) is 5.64. The molecule has 4 rings (SSSR count). The van der Waals surface area contributed by atoms with Gasteiger partial charge in [-0.2, -0.15) is 0 Å². The second kappa shape index (κ2) is 9.96. The summed E-state index contributed by atoms with van der Waals surface area (Å²) >= 11 is 1.61. The molecule has 3 aromatic rings. The average molecular weight is 436 g/mol. The van der Waals surface area contributed by atoms with Gasteiger partial charge >= 0.3 is 0 Å². The van der Waals surface area contributed by atoms with E-state index < -0.39 is 0 Å². The summed E-state index contributed by atoms with van der Waals surface area (Å²) in [6.07, 6.45) is 3.87. The van der Waals surface area contributed by atoms with Crippen molar-refractivity contribution in [3.05, 3.63) is 75.7 Å². The Bertz CT molecular complexity index is 1010. The zero-order valence-electron chi connectivity index (χ0n) is 18.2. The number of thiazole rings is 1. The lowest BCUT2D eigenvalue weighted by molar-refractivity contribution is 0.0784. The Hall–Kier alpha value is -2.86. The van der Waals surface area contributed by atoms with Crippen LogP contribution < -0.4 is 9.64 Å². The fourth-order valence-corrected chi connectivity index (χ4v) is 4.48. The zero-order chi connectivity index (χ0) is 21.6. The fraction of sp³-hybridized carbons (Fsp3) is 0.360. The minimum Gasteiger partial charge on any atom is -0.487 e. The first-order chi connectivity index (χ1) is 15.1. The fourth-order valence-electron chi connectivity index (χ4n) is 3.88. The van der Waals surface area contributed by atoms with Gasteiger partial charge in [-0.1, -0.05) is 18.2 Å². The van der Waals surface area contributed by atoms with E-state index in [0.717, 1.165) is 29.4 Å². The minimum atomic E-state index is -0.0185. The molecule has 162 valence electrons. The van der Waals surface area contributed by atoms with Crippen LogP contribution >= 0.6 is 11.3 Å². The van der Waals surface area contributed by atoms with Gasteiger partial charge < -0.3 is 14.5 Å². The van der Waals surface area contributed by atoms with Crippen LogP contribution in [-0.2, 0) is 13.2 Å². The van der Waals surface area contributed by atoms with Crippen LogP contribution in [0, 0.1) is 6.92 Å². The number of anilines is 1. The molecule has 0 unspecified atom stereocenters. The Morgan fingerprint density at radius 3 is 2.61 bits per heavy atom. The Morgan fingerprint density at radius 1 is 1.13 bits per heavy atom. The van der Waals surface area contributed by atoms with Crippen molar-refractivity contribution in [3.63, 3.8) is 0 Å². The molecule has 0 bridgehead atoms. The van der Waals surface area contributed by atoms with Crippen molar-refractivity contribution >= 4 is 22.9 Å². The van der Waals surface area contributed by atoms with Crippen molar-refractivity contribution in [2.75, 3.05) is 25.0 Å². The maximum absolute atomic E-state index is 12.9. The standard InChI is InChI=1S/C25H29N3O2S/c1-19-26-22(18-31-19)17-30-24-8-6-7-21(15-24)25(29)27(2)16-20-9-11-23(12-10-20)28-13-4-3-5-14-28/h6-12,15,18H,3-5,13-14,16-17H2,1-2H3. The van der Waals surface area contributed by atoms with Crippen LogP contribution in [0.4, 0.5) is 5.69 Å². The molecule has 1 aliphatic heterocycles. The molecule has 1 fully saturated rings. The van der Waals surface area contributed by atoms with Crippen LogP contribution in [0.15, 0.2) is 53.9 Å². The summed E-state index contributed by atoms with van der Waals surface area (Å²) in [5, 5.41) is 3.02. The topological polar surface area (TPSA) is 45.7 Å². The van der Waals surface area contributed by atoms with Gasteiger partial charge in [-0.15, -0.1) is 11.3 Å². The number of carbonyl (C=O) groups is 1. The van der Waals surface area contributed by atoms with Crippen LogP contribution in [0.25, 0.3) is 0 Å². The molecule has 1 aliphatic rings. The number of hydrogen-bond donors (Lipinski definition) is 0. The van der Waals surface area contributed by atoms with Crippen LogP contribution in [0.5, 0.6) is 5.75 Å². The van der Waals surface area contributed by atoms with E-state index in [-0.39, 0.29) is 5.91 Å². The predicted molar refractivity (Wildman–Crippen MR) is 126 cm³/mol. The van der Waals surface area contributed by atoms with Crippen molar-refractivity contribution in [1.29, 1.82) is 0 Å². The molecule has 1 amide bonds. The second-order valence-corrected chi connectivity index (χ2v) is 9.11. The van der Waals surface area contributed by atoms with Gasteiger partial charge in [-0.05, 0) is 62.1 Å². The van der Waals surface area contributed by atoms with E-state index in [0.29, 0.717) is 24.5 Å². The molecule has 0 N–H and O–H groups in total. The van der Waals surface area contributed by atoms with Gasteiger partial charge in [-0.3, -0.25) is 4.79 Å². The van der Waals surface area contributed by atoms with Gasteiger partial charge in [0.25, 0.3) is 5.91 Å². The van der Waals surface area contributed by atoms with Crippen molar-refractivity contribution < 1.29 is 9.53 Å². The molecule has 0 spiro atoms. The number of aromatic nitrogens is 1. The van der Waals surface area contributed by atoms with Crippen LogP contribution in [0.2, 0.25) is 0 Å². The highest BCUT2D eigenvalue weighted by molar-refractivity contribution is 7.09. The largest absolute Gasteiger partial charge is 0.487 e. The quantitative estimate of drug-likeness (QED) is 0.506. The normalized spacial score (nSPS) is 13.8. The summed E-state index contributed by atoms with van der Waals surface area (Å²) < 4.78 is 5.83. The van der Waals surface area contributed by atoms with Crippen LogP contribution in [0.3, 0.4) is 0 Å². The minimum absolute atomic E-state index is 0.0185. The highest BCUT2D eigenvalue weighted by Gasteiger charge is 2.14. The summed E-state index contributed by atoms with van der Waals surface area (Å²) in [5.74, 6) is 0.658. The number of ether oxygens (including phenoxy) is 1. The number of carbonyl (C=O) groups excluding carboxylic acids is 1. The number of piperidine rings is 1. The Balaban J connectivity index is 1.35. The molecular formula is C25H29N3O2S.